The van der Waals surface area contributed by atoms with Gasteiger partial charge in [-0.25, -0.2) is 9.97 Å². The average molecular weight is 367 g/mol. The van der Waals surface area contributed by atoms with Gasteiger partial charge in [0.05, 0.1) is 16.9 Å². The van der Waals surface area contributed by atoms with E-state index in [-0.39, 0.29) is 0 Å². The Morgan fingerprint density at radius 2 is 2.09 bits per heavy atom. The molecule has 0 spiro atoms. The van der Waals surface area contributed by atoms with Gasteiger partial charge in [-0.2, -0.15) is 0 Å². The molecule has 3 aromatic rings. The SMILES string of the molecule is Cc1cnc(N)c2ncn(CCCSc3ccc(Cl)cc3Cl)c12. The molecule has 0 aliphatic rings. The molecule has 1 aromatic carbocycles. The van der Waals surface area contributed by atoms with Crippen LogP contribution in [0.15, 0.2) is 35.6 Å². The number of pyridine rings is 1. The van der Waals surface area contributed by atoms with Crippen molar-refractivity contribution in [3.05, 3.63) is 46.3 Å². The fraction of sp³-hybridized carbons (Fsp3) is 0.250. The highest BCUT2D eigenvalue weighted by Gasteiger charge is 2.09. The Kier molecular flexibility index (Phi) is 4.99. The standard InChI is InChI=1S/C16H16Cl2N4S/c1-10-8-20-16(19)14-15(10)22(9-21-14)5-2-6-23-13-4-3-11(17)7-12(13)18/h3-4,7-9H,2,5-6H2,1H3,(H2,19,20). The van der Waals surface area contributed by atoms with E-state index >= 15 is 0 Å². The molecule has 0 unspecified atom stereocenters. The van der Waals surface area contributed by atoms with Crippen LogP contribution in [0.5, 0.6) is 0 Å². The number of aryl methyl sites for hydroxylation is 2. The average Bonchev–Trinajstić information content (AvgIpc) is 2.94. The van der Waals surface area contributed by atoms with Gasteiger partial charge in [0.2, 0.25) is 0 Å². The smallest absolute Gasteiger partial charge is 0.151 e. The summed E-state index contributed by atoms with van der Waals surface area (Å²) in [7, 11) is 0. The number of benzene rings is 1. The molecule has 3 rings (SSSR count). The topological polar surface area (TPSA) is 56.7 Å². The molecule has 4 nitrogen and oxygen atoms in total. The first kappa shape index (κ1) is 16.4. The Balaban J connectivity index is 1.64. The Labute approximate surface area is 149 Å². The summed E-state index contributed by atoms with van der Waals surface area (Å²) < 4.78 is 2.13. The number of aromatic nitrogens is 3. The third kappa shape index (κ3) is 3.57. The second-order valence-electron chi connectivity index (χ2n) is 5.24. The lowest BCUT2D eigenvalue weighted by Gasteiger charge is -2.08. The number of nitrogen functional groups attached to an aromatic ring is 1. The number of halogens is 2. The summed E-state index contributed by atoms with van der Waals surface area (Å²) in [6.45, 7) is 2.90. The monoisotopic (exact) mass is 366 g/mol. The molecule has 2 aromatic heterocycles. The molecule has 0 aliphatic heterocycles. The van der Waals surface area contributed by atoms with Gasteiger partial charge in [-0.3, -0.25) is 0 Å². The molecule has 0 radical (unpaired) electrons. The van der Waals surface area contributed by atoms with Crippen molar-refractivity contribution >= 4 is 51.8 Å². The lowest BCUT2D eigenvalue weighted by atomic mass is 10.2. The number of imidazole rings is 1. The van der Waals surface area contributed by atoms with E-state index in [9.17, 15) is 0 Å². The van der Waals surface area contributed by atoms with Gasteiger partial charge in [0.1, 0.15) is 5.52 Å². The largest absolute Gasteiger partial charge is 0.382 e. The molecular weight excluding hydrogens is 351 g/mol. The molecule has 120 valence electrons. The summed E-state index contributed by atoms with van der Waals surface area (Å²) in [5.41, 5.74) is 8.80. The third-order valence-electron chi connectivity index (χ3n) is 3.55. The van der Waals surface area contributed by atoms with Crippen molar-refractivity contribution in [2.24, 2.45) is 0 Å². The maximum absolute atomic E-state index is 6.18. The van der Waals surface area contributed by atoms with E-state index < -0.39 is 0 Å². The quantitative estimate of drug-likeness (QED) is 0.519. The summed E-state index contributed by atoms with van der Waals surface area (Å²) in [5.74, 6) is 1.44. The summed E-state index contributed by atoms with van der Waals surface area (Å²) >= 11 is 13.8. The van der Waals surface area contributed by atoms with Crippen molar-refractivity contribution in [3.63, 3.8) is 0 Å². The zero-order valence-electron chi connectivity index (χ0n) is 12.6. The van der Waals surface area contributed by atoms with Crippen molar-refractivity contribution in [2.45, 2.75) is 24.8 Å². The number of hydrogen-bond acceptors (Lipinski definition) is 4. The highest BCUT2D eigenvalue weighted by molar-refractivity contribution is 7.99. The van der Waals surface area contributed by atoms with Crippen molar-refractivity contribution in [3.8, 4) is 0 Å². The van der Waals surface area contributed by atoms with Crippen molar-refractivity contribution < 1.29 is 0 Å². The number of fused-ring (bicyclic) bond motifs is 1. The predicted molar refractivity (Wildman–Crippen MR) is 98.5 cm³/mol. The lowest BCUT2D eigenvalue weighted by Crippen LogP contribution is -2.00. The van der Waals surface area contributed by atoms with E-state index in [0.29, 0.717) is 15.9 Å². The second-order valence-corrected chi connectivity index (χ2v) is 7.22. The van der Waals surface area contributed by atoms with Crippen LogP contribution >= 0.6 is 35.0 Å². The maximum atomic E-state index is 6.18. The molecular formula is C16H16Cl2N4S. The zero-order valence-corrected chi connectivity index (χ0v) is 14.9. The zero-order chi connectivity index (χ0) is 16.4. The first-order valence-electron chi connectivity index (χ1n) is 7.20. The van der Waals surface area contributed by atoms with Crippen molar-refractivity contribution in [1.82, 2.24) is 14.5 Å². The molecule has 0 amide bonds. The van der Waals surface area contributed by atoms with E-state index in [1.165, 1.54) is 0 Å². The van der Waals surface area contributed by atoms with Crippen LogP contribution in [0.1, 0.15) is 12.0 Å². The van der Waals surface area contributed by atoms with Gasteiger partial charge in [-0.15, -0.1) is 11.8 Å². The predicted octanol–water partition coefficient (Wildman–Crippen LogP) is 4.81. The first-order chi connectivity index (χ1) is 11.1. The van der Waals surface area contributed by atoms with E-state index in [0.717, 1.165) is 40.2 Å². The van der Waals surface area contributed by atoms with Gasteiger partial charge in [0, 0.05) is 22.7 Å². The van der Waals surface area contributed by atoms with Gasteiger partial charge < -0.3 is 10.3 Å². The summed E-state index contributed by atoms with van der Waals surface area (Å²) in [4.78, 5) is 9.57. The summed E-state index contributed by atoms with van der Waals surface area (Å²) in [6.07, 6.45) is 4.62. The molecule has 0 bridgehead atoms. The van der Waals surface area contributed by atoms with E-state index in [1.807, 2.05) is 25.4 Å². The summed E-state index contributed by atoms with van der Waals surface area (Å²) in [6, 6.07) is 5.59. The van der Waals surface area contributed by atoms with E-state index in [4.69, 9.17) is 28.9 Å². The fourth-order valence-corrected chi connectivity index (χ4v) is 3.88. The van der Waals surface area contributed by atoms with Gasteiger partial charge >= 0.3 is 0 Å². The third-order valence-corrected chi connectivity index (χ3v) is 5.37. The Hall–Kier alpha value is -1.43. The Morgan fingerprint density at radius 1 is 1.26 bits per heavy atom. The van der Waals surface area contributed by atoms with Crippen molar-refractivity contribution in [1.29, 1.82) is 0 Å². The minimum absolute atomic E-state index is 0.478. The number of nitrogens with zero attached hydrogens (tertiary/aromatic N) is 3. The molecule has 0 saturated heterocycles. The minimum atomic E-state index is 0.478. The van der Waals surface area contributed by atoms with Crippen LogP contribution in [0.4, 0.5) is 5.82 Å². The molecule has 0 fully saturated rings. The van der Waals surface area contributed by atoms with Crippen LogP contribution in [-0.4, -0.2) is 20.3 Å². The van der Waals surface area contributed by atoms with Gasteiger partial charge in [0.15, 0.2) is 5.82 Å². The molecule has 7 heteroatoms. The summed E-state index contributed by atoms with van der Waals surface area (Å²) in [5, 5.41) is 1.36. The number of rotatable bonds is 5. The molecule has 23 heavy (non-hydrogen) atoms. The van der Waals surface area contributed by atoms with E-state index in [1.54, 1.807) is 24.0 Å². The van der Waals surface area contributed by atoms with Crippen LogP contribution in [0.25, 0.3) is 11.0 Å². The molecule has 0 atom stereocenters. The van der Waals surface area contributed by atoms with Crippen LogP contribution in [0.3, 0.4) is 0 Å². The van der Waals surface area contributed by atoms with Crippen molar-refractivity contribution in [2.75, 3.05) is 11.5 Å². The van der Waals surface area contributed by atoms with Crippen LogP contribution in [-0.2, 0) is 6.54 Å². The number of nitrogens with two attached hydrogens (primary N) is 1. The molecule has 2 N–H and O–H groups in total. The molecule has 0 saturated carbocycles. The highest BCUT2D eigenvalue weighted by Crippen LogP contribution is 2.30. The highest BCUT2D eigenvalue weighted by atomic mass is 35.5. The first-order valence-corrected chi connectivity index (χ1v) is 8.94. The fourth-order valence-electron chi connectivity index (χ4n) is 2.45. The second kappa shape index (κ2) is 6.99. The van der Waals surface area contributed by atoms with Crippen LogP contribution < -0.4 is 5.73 Å². The Bertz CT molecular complexity index is 847. The normalized spacial score (nSPS) is 11.3. The minimum Gasteiger partial charge on any atom is -0.382 e. The molecule has 0 aliphatic carbocycles. The van der Waals surface area contributed by atoms with Gasteiger partial charge in [-0.1, -0.05) is 23.2 Å². The number of thioether (sulfide) groups is 1. The van der Waals surface area contributed by atoms with Gasteiger partial charge in [-0.05, 0) is 42.9 Å². The molecule has 2 heterocycles. The number of anilines is 1. The number of hydrogen-bond donors (Lipinski definition) is 1. The van der Waals surface area contributed by atoms with E-state index in [2.05, 4.69) is 14.5 Å². The Morgan fingerprint density at radius 3 is 2.87 bits per heavy atom. The van der Waals surface area contributed by atoms with Gasteiger partial charge in [0.25, 0.3) is 0 Å². The van der Waals surface area contributed by atoms with Crippen LogP contribution in [0, 0.1) is 6.92 Å². The lowest BCUT2D eigenvalue weighted by molar-refractivity contribution is 0.701. The van der Waals surface area contributed by atoms with Crippen LogP contribution in [0.2, 0.25) is 10.0 Å². The maximum Gasteiger partial charge on any atom is 0.151 e.